The van der Waals surface area contributed by atoms with Crippen LogP contribution in [0.2, 0.25) is 0 Å². The number of aromatic nitrogens is 1. The summed E-state index contributed by atoms with van der Waals surface area (Å²) in [4.78, 5) is 0. The van der Waals surface area contributed by atoms with Gasteiger partial charge in [-0.05, 0) is 17.7 Å². The normalized spacial score (nSPS) is 10.7. The van der Waals surface area contributed by atoms with Crippen molar-refractivity contribution in [3.05, 3.63) is 115 Å². The van der Waals surface area contributed by atoms with Gasteiger partial charge in [0.2, 0.25) is 0 Å². The number of hydrogen-bond acceptors (Lipinski definition) is 1. The van der Waals surface area contributed by atoms with E-state index in [2.05, 4.69) is 28.8 Å². The molecule has 5 aromatic rings. The van der Waals surface area contributed by atoms with E-state index in [-0.39, 0.29) is 22.8 Å². The lowest BCUT2D eigenvalue weighted by molar-refractivity contribution is -0.688. The Hall–Kier alpha value is -3.24. The molecule has 0 aliphatic heterocycles. The molecule has 4 heteroatoms. The first kappa shape index (κ1) is 20.0. The van der Waals surface area contributed by atoms with E-state index >= 15 is 0 Å². The van der Waals surface area contributed by atoms with Gasteiger partial charge >= 0.3 is 0 Å². The van der Waals surface area contributed by atoms with Crippen LogP contribution >= 0.6 is 0 Å². The van der Waals surface area contributed by atoms with Gasteiger partial charge in [-0.25, -0.2) is 8.96 Å². The number of fused-ring (bicyclic) bond motifs is 1. The molecule has 0 aliphatic rings. The average molecular weight is 460 g/mol. The molecule has 0 fully saturated rings. The smallest absolute Gasteiger partial charge is 0.173 e. The van der Waals surface area contributed by atoms with Crippen molar-refractivity contribution in [3.8, 4) is 22.5 Å². The van der Waals surface area contributed by atoms with Gasteiger partial charge in [0.05, 0.1) is 0 Å². The summed E-state index contributed by atoms with van der Waals surface area (Å²) in [6.45, 7) is 0.804. The van der Waals surface area contributed by atoms with E-state index in [1.165, 1.54) is 17.7 Å². The molecule has 148 valence electrons. The Morgan fingerprint density at radius 1 is 0.733 bits per heavy atom. The van der Waals surface area contributed by atoms with Gasteiger partial charge in [0.25, 0.3) is 0 Å². The third-order valence-electron chi connectivity index (χ3n) is 5.08. The molecular formula is C26H19BrFNO. The number of benzene rings is 3. The van der Waals surface area contributed by atoms with Crippen molar-refractivity contribution in [1.29, 1.82) is 0 Å². The van der Waals surface area contributed by atoms with Crippen LogP contribution in [0.4, 0.5) is 4.39 Å². The Kier molecular flexibility index (Phi) is 5.77. The lowest BCUT2D eigenvalue weighted by Gasteiger charge is -2.04. The Labute approximate surface area is 185 Å². The Balaban J connectivity index is 0.00000218. The molecule has 0 atom stereocenters. The van der Waals surface area contributed by atoms with Crippen molar-refractivity contribution < 1.29 is 30.4 Å². The fourth-order valence-corrected chi connectivity index (χ4v) is 3.67. The summed E-state index contributed by atoms with van der Waals surface area (Å²) in [5.74, 6) is 0.454. The second-order valence-corrected chi connectivity index (χ2v) is 7.06. The van der Waals surface area contributed by atoms with Crippen molar-refractivity contribution in [2.75, 3.05) is 0 Å². The summed E-state index contributed by atoms with van der Waals surface area (Å²) in [6, 6.07) is 29.2. The van der Waals surface area contributed by atoms with Crippen molar-refractivity contribution in [2.45, 2.75) is 6.54 Å². The molecule has 3 aromatic carbocycles. The molecular weight excluding hydrogens is 441 g/mol. The van der Waals surface area contributed by atoms with Gasteiger partial charge in [-0.1, -0.05) is 60.7 Å². The summed E-state index contributed by atoms with van der Waals surface area (Å²) < 4.78 is 22.0. The van der Waals surface area contributed by atoms with Gasteiger partial charge in [0.15, 0.2) is 18.9 Å². The van der Waals surface area contributed by atoms with Crippen LogP contribution in [-0.4, -0.2) is 0 Å². The Bertz CT molecular complexity index is 1270. The number of halogens is 2. The zero-order valence-electron chi connectivity index (χ0n) is 16.1. The number of nitrogens with zero attached hydrogens (tertiary/aromatic N) is 1. The summed E-state index contributed by atoms with van der Waals surface area (Å²) in [7, 11) is 0. The zero-order valence-corrected chi connectivity index (χ0v) is 17.7. The standard InChI is InChI=1S/C26H19FNO.BrH/c27-22-11-12-23-24(17-22)29-26(25(23)20-9-5-2-6-10-20)21-13-15-28(16-14-21)18-19-7-3-1-4-8-19;/h1-17H,18H2;1H/q+1;/p-1. The van der Waals surface area contributed by atoms with Crippen LogP contribution in [0.5, 0.6) is 0 Å². The summed E-state index contributed by atoms with van der Waals surface area (Å²) in [5.41, 5.74) is 4.80. The second kappa shape index (κ2) is 8.64. The van der Waals surface area contributed by atoms with Gasteiger partial charge in [0.1, 0.15) is 17.2 Å². The topological polar surface area (TPSA) is 17.0 Å². The van der Waals surface area contributed by atoms with Gasteiger partial charge in [-0.3, -0.25) is 0 Å². The lowest BCUT2D eigenvalue weighted by atomic mass is 9.99. The monoisotopic (exact) mass is 459 g/mol. The fourth-order valence-electron chi connectivity index (χ4n) is 3.67. The van der Waals surface area contributed by atoms with Crippen LogP contribution in [0.1, 0.15) is 5.56 Å². The summed E-state index contributed by atoms with van der Waals surface area (Å²) in [5, 5.41) is 0.911. The van der Waals surface area contributed by atoms with Crippen molar-refractivity contribution in [1.82, 2.24) is 0 Å². The highest BCUT2D eigenvalue weighted by Crippen LogP contribution is 2.40. The summed E-state index contributed by atoms with van der Waals surface area (Å²) in [6.07, 6.45) is 4.09. The molecule has 0 saturated heterocycles. The molecule has 0 saturated carbocycles. The van der Waals surface area contributed by atoms with Crippen molar-refractivity contribution in [2.24, 2.45) is 0 Å². The summed E-state index contributed by atoms with van der Waals surface area (Å²) >= 11 is 0. The van der Waals surface area contributed by atoms with Crippen molar-refractivity contribution in [3.63, 3.8) is 0 Å². The largest absolute Gasteiger partial charge is 1.00 e. The van der Waals surface area contributed by atoms with E-state index in [0.29, 0.717) is 5.58 Å². The first-order valence-corrected chi connectivity index (χ1v) is 9.59. The third-order valence-corrected chi connectivity index (χ3v) is 5.08. The highest BCUT2D eigenvalue weighted by Gasteiger charge is 2.19. The molecule has 0 N–H and O–H groups in total. The molecule has 2 nitrogen and oxygen atoms in total. The predicted molar refractivity (Wildman–Crippen MR) is 113 cm³/mol. The minimum absolute atomic E-state index is 0. The minimum Gasteiger partial charge on any atom is -1.00 e. The molecule has 0 bridgehead atoms. The van der Waals surface area contributed by atoms with Crippen molar-refractivity contribution >= 4 is 11.0 Å². The van der Waals surface area contributed by atoms with E-state index < -0.39 is 0 Å². The van der Waals surface area contributed by atoms with E-state index in [1.54, 1.807) is 6.07 Å². The van der Waals surface area contributed by atoms with E-state index in [9.17, 15) is 4.39 Å². The quantitative estimate of drug-likeness (QED) is 0.377. The van der Waals surface area contributed by atoms with E-state index in [0.717, 1.165) is 34.4 Å². The van der Waals surface area contributed by atoms with E-state index in [1.807, 2.05) is 60.9 Å². The maximum absolute atomic E-state index is 13.8. The molecule has 0 unspecified atom stereocenters. The zero-order chi connectivity index (χ0) is 19.6. The number of hydrogen-bond donors (Lipinski definition) is 0. The molecule has 30 heavy (non-hydrogen) atoms. The molecule has 5 rings (SSSR count). The molecule has 0 amide bonds. The number of pyridine rings is 1. The highest BCUT2D eigenvalue weighted by molar-refractivity contribution is 6.01. The lowest BCUT2D eigenvalue weighted by Crippen LogP contribution is -3.00. The minimum atomic E-state index is -0.300. The first-order chi connectivity index (χ1) is 14.3. The van der Waals surface area contributed by atoms with Crippen LogP contribution in [0.15, 0.2) is 108 Å². The Morgan fingerprint density at radius 3 is 2.10 bits per heavy atom. The fraction of sp³-hybridized carbons (Fsp3) is 0.0385. The maximum atomic E-state index is 13.8. The molecule has 2 aromatic heterocycles. The molecule has 2 heterocycles. The van der Waals surface area contributed by atoms with Crippen LogP contribution < -0.4 is 21.5 Å². The van der Waals surface area contributed by atoms with Gasteiger partial charge in [0, 0.05) is 40.3 Å². The predicted octanol–water partition coefficient (Wildman–Crippen LogP) is 3.25. The van der Waals surface area contributed by atoms with Gasteiger partial charge in [-0.15, -0.1) is 0 Å². The second-order valence-electron chi connectivity index (χ2n) is 7.06. The highest BCUT2D eigenvalue weighted by atomic mass is 79.9. The van der Waals surface area contributed by atoms with Crippen LogP contribution in [-0.2, 0) is 6.54 Å². The average Bonchev–Trinajstić information content (AvgIpc) is 3.14. The SMILES string of the molecule is Fc1ccc2c(-c3ccccc3)c(-c3cc[n+](Cc4ccccc4)cc3)oc2c1.[Br-]. The van der Waals surface area contributed by atoms with Gasteiger partial charge < -0.3 is 21.4 Å². The van der Waals surface area contributed by atoms with E-state index in [4.69, 9.17) is 4.42 Å². The van der Waals surface area contributed by atoms with Gasteiger partial charge in [-0.2, -0.15) is 0 Å². The third kappa shape index (κ3) is 3.91. The number of furan rings is 1. The Morgan fingerprint density at radius 2 is 1.40 bits per heavy atom. The molecule has 0 radical (unpaired) electrons. The number of rotatable bonds is 4. The first-order valence-electron chi connectivity index (χ1n) is 9.59. The van der Waals surface area contributed by atoms with Crippen LogP contribution in [0.25, 0.3) is 33.4 Å². The molecule has 0 spiro atoms. The molecule has 0 aliphatic carbocycles. The van der Waals surface area contributed by atoms with Crippen LogP contribution in [0, 0.1) is 5.82 Å². The maximum Gasteiger partial charge on any atom is 0.173 e. The van der Waals surface area contributed by atoms with Crippen LogP contribution in [0.3, 0.4) is 0 Å².